The van der Waals surface area contributed by atoms with E-state index in [1.54, 1.807) is 17.2 Å². The Balaban J connectivity index is 0. The van der Waals surface area contributed by atoms with Gasteiger partial charge in [0, 0.05) is 39.3 Å². The first-order valence-corrected chi connectivity index (χ1v) is 8.05. The second-order valence-corrected chi connectivity index (χ2v) is 6.42. The molecule has 0 spiro atoms. The Morgan fingerprint density at radius 2 is 1.61 bits per heavy atom. The summed E-state index contributed by atoms with van der Waals surface area (Å²) in [6, 6.07) is 0. The largest absolute Gasteiger partial charge is 0.444 e. The molecule has 23 heavy (non-hydrogen) atoms. The molecule has 0 radical (unpaired) electrons. The van der Waals surface area contributed by atoms with E-state index in [1.807, 2.05) is 53.6 Å². The van der Waals surface area contributed by atoms with E-state index in [0.717, 1.165) is 0 Å². The topological polar surface area (TPSA) is 49.9 Å². The van der Waals surface area contributed by atoms with Crippen LogP contribution in [0.5, 0.6) is 0 Å². The van der Waals surface area contributed by atoms with Crippen LogP contribution in [0.1, 0.15) is 54.9 Å². The lowest BCUT2D eigenvalue weighted by molar-refractivity contribution is -0.119. The number of carbonyl (C=O) groups is 2. The molecule has 5 heteroatoms. The van der Waals surface area contributed by atoms with E-state index in [9.17, 15) is 9.59 Å². The minimum absolute atomic E-state index is 0. The van der Waals surface area contributed by atoms with E-state index >= 15 is 0 Å². The van der Waals surface area contributed by atoms with Crippen LogP contribution < -0.4 is 0 Å². The van der Waals surface area contributed by atoms with Gasteiger partial charge in [0.05, 0.1) is 0 Å². The van der Waals surface area contributed by atoms with Crippen molar-refractivity contribution >= 4 is 11.9 Å². The van der Waals surface area contributed by atoms with Gasteiger partial charge in [-0.05, 0) is 39.7 Å². The zero-order valence-electron chi connectivity index (χ0n) is 15.2. The summed E-state index contributed by atoms with van der Waals surface area (Å²) in [7, 11) is 3.77. The number of hydrogen-bond donors (Lipinski definition) is 0. The van der Waals surface area contributed by atoms with Gasteiger partial charge in [0.2, 0.25) is 0 Å². The van der Waals surface area contributed by atoms with E-state index in [2.05, 4.69) is 0 Å². The number of carbonyl (C=O) groups excluding carboxylic acids is 2. The molecule has 0 unspecified atom stereocenters. The molecule has 0 bridgehead atoms. The number of ketones is 1. The van der Waals surface area contributed by atoms with Gasteiger partial charge in [-0.2, -0.15) is 0 Å². The van der Waals surface area contributed by atoms with Gasteiger partial charge in [-0.1, -0.05) is 21.3 Å². The van der Waals surface area contributed by atoms with E-state index in [-0.39, 0.29) is 25.2 Å². The molecular weight excluding hydrogens is 292 g/mol. The Kier molecular flexibility index (Phi) is 11.4. The highest BCUT2D eigenvalue weighted by molar-refractivity contribution is 5.91. The predicted octanol–water partition coefficient (Wildman–Crippen LogP) is 3.94. The highest BCUT2D eigenvalue weighted by atomic mass is 16.6. The van der Waals surface area contributed by atoms with Crippen LogP contribution in [0, 0.1) is 5.92 Å². The molecule has 1 heterocycles. The van der Waals surface area contributed by atoms with E-state index < -0.39 is 5.60 Å². The van der Waals surface area contributed by atoms with E-state index in [1.165, 1.54) is 0 Å². The van der Waals surface area contributed by atoms with Crippen molar-refractivity contribution in [2.45, 2.75) is 60.5 Å². The first kappa shape index (κ1) is 23.7. The van der Waals surface area contributed by atoms with E-state index in [0.29, 0.717) is 25.9 Å². The van der Waals surface area contributed by atoms with Crippen molar-refractivity contribution in [2.75, 3.05) is 27.2 Å². The number of nitrogens with zero attached hydrogens (tertiary/aromatic N) is 2. The van der Waals surface area contributed by atoms with Crippen LogP contribution in [0.4, 0.5) is 4.79 Å². The SMILES string of the molecule is C.CC.CN(C)/C=C/C(=O)C1CCN(C(=O)OC(C)(C)C)CC1. The summed E-state index contributed by atoms with van der Waals surface area (Å²) in [5.74, 6) is 0.160. The first-order valence-electron chi connectivity index (χ1n) is 8.05. The molecule has 0 aromatic heterocycles. The second-order valence-electron chi connectivity index (χ2n) is 6.42. The summed E-state index contributed by atoms with van der Waals surface area (Å²) in [5, 5.41) is 0. The fourth-order valence-corrected chi connectivity index (χ4v) is 2.03. The number of likely N-dealkylation sites (tertiary alicyclic amines) is 1. The summed E-state index contributed by atoms with van der Waals surface area (Å²) in [6.07, 6.45) is 4.51. The van der Waals surface area contributed by atoms with Crippen LogP contribution in [-0.4, -0.2) is 54.5 Å². The first-order chi connectivity index (χ1) is 10.2. The van der Waals surface area contributed by atoms with Crippen molar-refractivity contribution in [1.82, 2.24) is 9.80 Å². The fourth-order valence-electron chi connectivity index (χ4n) is 2.03. The van der Waals surface area contributed by atoms with Gasteiger partial charge in [0.1, 0.15) is 5.60 Å². The third kappa shape index (κ3) is 9.97. The van der Waals surface area contributed by atoms with Gasteiger partial charge in [0.25, 0.3) is 0 Å². The van der Waals surface area contributed by atoms with Crippen LogP contribution in [0.15, 0.2) is 12.3 Å². The lowest BCUT2D eigenvalue weighted by atomic mass is 9.92. The smallest absolute Gasteiger partial charge is 0.410 e. The molecule has 5 nitrogen and oxygen atoms in total. The molecule has 1 fully saturated rings. The van der Waals surface area contributed by atoms with Crippen molar-refractivity contribution in [3.8, 4) is 0 Å². The maximum atomic E-state index is 12.0. The molecule has 1 saturated heterocycles. The standard InChI is InChI=1S/C15H26N2O3.C2H6.CH4/c1-15(2,3)20-14(19)17-10-6-12(7-11-17)13(18)8-9-16(4)5;1-2;/h8-9,12H,6-7,10-11H2,1-5H3;1-2H3;1H4/b9-8+;;. The number of allylic oxidation sites excluding steroid dienone is 1. The number of amides is 1. The molecule has 0 atom stereocenters. The van der Waals surface area contributed by atoms with Crippen molar-refractivity contribution in [1.29, 1.82) is 0 Å². The van der Waals surface area contributed by atoms with Crippen LogP contribution >= 0.6 is 0 Å². The number of ether oxygens (including phenoxy) is 1. The van der Waals surface area contributed by atoms with Gasteiger partial charge in [-0.3, -0.25) is 4.79 Å². The maximum absolute atomic E-state index is 12.0. The van der Waals surface area contributed by atoms with Crippen molar-refractivity contribution in [2.24, 2.45) is 5.92 Å². The molecular formula is C18H36N2O3. The Morgan fingerprint density at radius 1 is 1.13 bits per heavy atom. The average molecular weight is 328 g/mol. The Hall–Kier alpha value is -1.52. The number of rotatable bonds is 3. The van der Waals surface area contributed by atoms with Crippen LogP contribution in [-0.2, 0) is 9.53 Å². The summed E-state index contributed by atoms with van der Waals surface area (Å²) in [4.78, 5) is 27.4. The van der Waals surface area contributed by atoms with Crippen molar-refractivity contribution in [3.63, 3.8) is 0 Å². The lowest BCUT2D eigenvalue weighted by Crippen LogP contribution is -2.42. The molecule has 1 aliphatic heterocycles. The van der Waals surface area contributed by atoms with E-state index in [4.69, 9.17) is 4.74 Å². The Labute approximate surface area is 142 Å². The molecule has 0 aliphatic carbocycles. The summed E-state index contributed by atoms with van der Waals surface area (Å²) >= 11 is 0. The highest BCUT2D eigenvalue weighted by Crippen LogP contribution is 2.20. The minimum atomic E-state index is -0.474. The minimum Gasteiger partial charge on any atom is -0.444 e. The van der Waals surface area contributed by atoms with Crippen molar-refractivity contribution < 1.29 is 14.3 Å². The molecule has 1 amide bonds. The molecule has 1 rings (SSSR count). The molecule has 0 aromatic carbocycles. The fraction of sp³-hybridized carbons (Fsp3) is 0.778. The average Bonchev–Trinajstić information content (AvgIpc) is 2.45. The number of hydrogen-bond acceptors (Lipinski definition) is 4. The zero-order valence-corrected chi connectivity index (χ0v) is 15.2. The third-order valence-electron chi connectivity index (χ3n) is 3.09. The van der Waals surface area contributed by atoms with Crippen LogP contribution in [0.2, 0.25) is 0 Å². The molecule has 0 aromatic rings. The van der Waals surface area contributed by atoms with Crippen LogP contribution in [0.25, 0.3) is 0 Å². The summed E-state index contributed by atoms with van der Waals surface area (Å²) < 4.78 is 5.33. The van der Waals surface area contributed by atoms with Gasteiger partial charge < -0.3 is 14.5 Å². The molecule has 136 valence electrons. The summed E-state index contributed by atoms with van der Waals surface area (Å²) in [5.41, 5.74) is -0.474. The van der Waals surface area contributed by atoms with Crippen LogP contribution in [0.3, 0.4) is 0 Å². The molecule has 1 aliphatic rings. The maximum Gasteiger partial charge on any atom is 0.410 e. The predicted molar refractivity (Wildman–Crippen MR) is 96.4 cm³/mol. The van der Waals surface area contributed by atoms with Gasteiger partial charge in [0.15, 0.2) is 5.78 Å². The number of piperidine rings is 1. The van der Waals surface area contributed by atoms with Crippen molar-refractivity contribution in [3.05, 3.63) is 12.3 Å². The molecule has 0 N–H and O–H groups in total. The lowest BCUT2D eigenvalue weighted by Gasteiger charge is -2.32. The van der Waals surface area contributed by atoms with Gasteiger partial charge in [-0.25, -0.2) is 4.79 Å². The molecule has 0 saturated carbocycles. The third-order valence-corrected chi connectivity index (χ3v) is 3.09. The quantitative estimate of drug-likeness (QED) is 0.736. The monoisotopic (exact) mass is 328 g/mol. The summed E-state index contributed by atoms with van der Waals surface area (Å²) in [6.45, 7) is 10.7. The van der Waals surface area contributed by atoms with Gasteiger partial charge in [-0.15, -0.1) is 0 Å². The normalized spacial score (nSPS) is 15.3. The van der Waals surface area contributed by atoms with Gasteiger partial charge >= 0.3 is 6.09 Å². The zero-order chi connectivity index (χ0) is 17.3. The highest BCUT2D eigenvalue weighted by Gasteiger charge is 2.28. The Morgan fingerprint density at radius 3 is 2.00 bits per heavy atom. The second kappa shape index (κ2) is 11.1. The Bertz CT molecular complexity index is 376.